The number of amides is 1. The number of hydrogen-bond donors (Lipinski definition) is 0. The summed E-state index contributed by atoms with van der Waals surface area (Å²) in [5, 5.41) is 0. The number of nitrogens with zero attached hydrogens (tertiary/aromatic N) is 1. The van der Waals surface area contributed by atoms with Crippen LogP contribution in [-0.2, 0) is 27.8 Å². The van der Waals surface area contributed by atoms with Crippen LogP contribution in [-0.4, -0.2) is 38.6 Å². The van der Waals surface area contributed by atoms with Crippen LogP contribution in [0, 0.1) is 5.82 Å². The second kappa shape index (κ2) is 5.87. The second-order valence-corrected chi connectivity index (χ2v) is 6.18. The lowest BCUT2D eigenvalue weighted by Gasteiger charge is -2.29. The van der Waals surface area contributed by atoms with Crippen LogP contribution in [0.4, 0.5) is 22.4 Å². The largest absolute Gasteiger partial charge is 0.534 e. The third-order valence-electron chi connectivity index (χ3n) is 3.22. The van der Waals surface area contributed by atoms with Crippen molar-refractivity contribution in [2.24, 2.45) is 0 Å². The molecular formula is C12H11F4NO5S. The molecule has 23 heavy (non-hydrogen) atoms. The number of methoxy groups -OCH3 is 1. The van der Waals surface area contributed by atoms with Crippen molar-refractivity contribution < 1.29 is 39.7 Å². The fraction of sp³-hybridized carbons (Fsp3) is 0.417. The molecule has 0 aromatic heterocycles. The molecule has 1 amide bonds. The summed E-state index contributed by atoms with van der Waals surface area (Å²) in [4.78, 5) is 12.6. The Kier molecular flexibility index (Phi) is 4.42. The monoisotopic (exact) mass is 357 g/mol. The van der Waals surface area contributed by atoms with Crippen LogP contribution in [0.5, 0.6) is 5.75 Å². The van der Waals surface area contributed by atoms with Gasteiger partial charge in [0.05, 0.1) is 13.7 Å². The molecule has 1 aliphatic rings. The fourth-order valence-electron chi connectivity index (χ4n) is 2.10. The summed E-state index contributed by atoms with van der Waals surface area (Å²) in [6.45, 7) is -0.140. The highest BCUT2D eigenvalue weighted by atomic mass is 32.2. The lowest BCUT2D eigenvalue weighted by Crippen LogP contribution is -2.36. The zero-order valence-corrected chi connectivity index (χ0v) is 12.5. The first-order chi connectivity index (χ1) is 10.6. The van der Waals surface area contributed by atoms with E-state index < -0.39 is 33.3 Å². The molecule has 0 fully saturated rings. The van der Waals surface area contributed by atoms with Gasteiger partial charge in [-0.15, -0.1) is 0 Å². The van der Waals surface area contributed by atoms with E-state index in [0.29, 0.717) is 5.56 Å². The highest BCUT2D eigenvalue weighted by Crippen LogP contribution is 2.35. The maximum atomic E-state index is 13.8. The van der Waals surface area contributed by atoms with Gasteiger partial charge in [0.1, 0.15) is 0 Å². The minimum atomic E-state index is -6.02. The molecule has 0 unspecified atom stereocenters. The van der Waals surface area contributed by atoms with E-state index in [2.05, 4.69) is 8.92 Å². The number of ether oxygens (including phenoxy) is 1. The lowest BCUT2D eigenvalue weighted by atomic mass is 9.99. The van der Waals surface area contributed by atoms with Gasteiger partial charge in [-0.1, -0.05) is 6.07 Å². The molecule has 6 nitrogen and oxygen atoms in total. The van der Waals surface area contributed by atoms with E-state index in [0.717, 1.165) is 18.1 Å². The van der Waals surface area contributed by atoms with Gasteiger partial charge in [-0.2, -0.15) is 21.6 Å². The van der Waals surface area contributed by atoms with Gasteiger partial charge in [0, 0.05) is 12.1 Å². The maximum absolute atomic E-state index is 13.8. The smallest absolute Gasteiger partial charge is 0.453 e. The van der Waals surface area contributed by atoms with Crippen LogP contribution in [0.25, 0.3) is 0 Å². The van der Waals surface area contributed by atoms with Crippen molar-refractivity contribution in [1.82, 2.24) is 4.90 Å². The third kappa shape index (κ3) is 3.33. The summed E-state index contributed by atoms with van der Waals surface area (Å²) in [5.41, 5.74) is -5.45. The Labute approximate surface area is 128 Å². The lowest BCUT2D eigenvalue weighted by molar-refractivity contribution is -0.0501. The van der Waals surface area contributed by atoms with E-state index in [4.69, 9.17) is 0 Å². The average Bonchev–Trinajstić information content (AvgIpc) is 2.47. The second-order valence-electron chi connectivity index (χ2n) is 4.64. The molecule has 0 saturated heterocycles. The third-order valence-corrected chi connectivity index (χ3v) is 4.17. The number of carbonyl (C=O) groups excluding carboxylic acids is 1. The standard InChI is InChI=1S/C12H11F4NO5S/c1-21-11(18)17-5-4-7-2-3-9(13)10(8(7)6-17)22-23(19,20)12(14,15)16/h2-3H,4-6H2,1H3. The molecule has 1 aromatic carbocycles. The molecular weight excluding hydrogens is 346 g/mol. The van der Waals surface area contributed by atoms with Gasteiger partial charge in [0.25, 0.3) is 0 Å². The first-order valence-electron chi connectivity index (χ1n) is 6.20. The molecule has 2 rings (SSSR count). The van der Waals surface area contributed by atoms with Gasteiger partial charge in [0.2, 0.25) is 0 Å². The SMILES string of the molecule is COC(=O)N1CCc2ccc(F)c(OS(=O)(=O)C(F)(F)F)c2C1. The van der Waals surface area contributed by atoms with E-state index in [1.165, 1.54) is 6.07 Å². The van der Waals surface area contributed by atoms with Crippen LogP contribution in [0.1, 0.15) is 11.1 Å². The number of hydrogen-bond acceptors (Lipinski definition) is 5. The summed E-state index contributed by atoms with van der Waals surface area (Å²) >= 11 is 0. The van der Waals surface area contributed by atoms with E-state index in [1.54, 1.807) is 0 Å². The summed E-state index contributed by atoms with van der Waals surface area (Å²) < 4.78 is 81.7. The minimum Gasteiger partial charge on any atom is -0.453 e. The first kappa shape index (κ1) is 17.3. The molecule has 1 aliphatic heterocycles. The van der Waals surface area contributed by atoms with Gasteiger partial charge in [0.15, 0.2) is 11.6 Å². The van der Waals surface area contributed by atoms with Crippen molar-refractivity contribution in [2.45, 2.75) is 18.5 Å². The predicted molar refractivity (Wildman–Crippen MR) is 68.5 cm³/mol. The number of fused-ring (bicyclic) bond motifs is 1. The Morgan fingerprint density at radius 1 is 1.30 bits per heavy atom. The number of rotatable bonds is 2. The normalized spacial score (nSPS) is 15.1. The quantitative estimate of drug-likeness (QED) is 0.461. The molecule has 0 atom stereocenters. The average molecular weight is 357 g/mol. The van der Waals surface area contributed by atoms with Crippen LogP contribution in [0.2, 0.25) is 0 Å². The molecule has 0 radical (unpaired) electrons. The van der Waals surface area contributed by atoms with Gasteiger partial charge in [-0.05, 0) is 18.1 Å². The number of alkyl halides is 3. The minimum absolute atomic E-state index is 0.144. The zero-order chi connectivity index (χ0) is 17.4. The molecule has 11 heteroatoms. The summed E-state index contributed by atoms with van der Waals surface area (Å²) in [6, 6.07) is 2.11. The number of halogens is 4. The summed E-state index contributed by atoms with van der Waals surface area (Å²) in [6.07, 6.45) is -0.586. The van der Waals surface area contributed by atoms with Crippen LogP contribution in [0.15, 0.2) is 12.1 Å². The summed E-state index contributed by atoms with van der Waals surface area (Å²) in [7, 11) is -4.92. The Bertz CT molecular complexity index is 732. The number of benzene rings is 1. The molecule has 0 saturated carbocycles. The molecule has 128 valence electrons. The first-order valence-corrected chi connectivity index (χ1v) is 7.61. The molecule has 1 heterocycles. The van der Waals surface area contributed by atoms with Crippen molar-refractivity contribution in [2.75, 3.05) is 13.7 Å². The van der Waals surface area contributed by atoms with Gasteiger partial charge >= 0.3 is 21.7 Å². The topological polar surface area (TPSA) is 72.9 Å². The Morgan fingerprint density at radius 2 is 1.96 bits per heavy atom. The van der Waals surface area contributed by atoms with Gasteiger partial charge in [-0.3, -0.25) is 0 Å². The van der Waals surface area contributed by atoms with Crippen LogP contribution in [0.3, 0.4) is 0 Å². The predicted octanol–water partition coefficient (Wildman–Crippen LogP) is 2.18. The van der Waals surface area contributed by atoms with E-state index >= 15 is 0 Å². The van der Waals surface area contributed by atoms with Crippen molar-refractivity contribution in [1.29, 1.82) is 0 Å². The molecule has 0 spiro atoms. The van der Waals surface area contributed by atoms with Crippen molar-refractivity contribution in [3.05, 3.63) is 29.1 Å². The highest BCUT2D eigenvalue weighted by molar-refractivity contribution is 7.88. The molecule has 1 aromatic rings. The molecule has 0 N–H and O–H groups in total. The highest BCUT2D eigenvalue weighted by Gasteiger charge is 2.49. The fourth-order valence-corrected chi connectivity index (χ4v) is 2.60. The summed E-state index contributed by atoms with van der Waals surface area (Å²) in [5.74, 6) is -2.34. The van der Waals surface area contributed by atoms with E-state index in [-0.39, 0.29) is 25.1 Å². The van der Waals surface area contributed by atoms with Crippen molar-refractivity contribution >= 4 is 16.2 Å². The van der Waals surface area contributed by atoms with Crippen molar-refractivity contribution in [3.63, 3.8) is 0 Å². The molecule has 0 aliphatic carbocycles. The zero-order valence-electron chi connectivity index (χ0n) is 11.7. The van der Waals surface area contributed by atoms with Crippen molar-refractivity contribution in [3.8, 4) is 5.75 Å². The maximum Gasteiger partial charge on any atom is 0.534 e. The van der Waals surface area contributed by atoms with Crippen LogP contribution < -0.4 is 4.18 Å². The van der Waals surface area contributed by atoms with Crippen LogP contribution >= 0.6 is 0 Å². The van der Waals surface area contributed by atoms with E-state index in [9.17, 15) is 30.8 Å². The van der Waals surface area contributed by atoms with E-state index in [1.807, 2.05) is 0 Å². The molecule has 0 bridgehead atoms. The Morgan fingerprint density at radius 3 is 2.52 bits per heavy atom. The number of carbonyl (C=O) groups is 1. The Balaban J connectivity index is 2.45. The van der Waals surface area contributed by atoms with Gasteiger partial charge in [-0.25, -0.2) is 9.18 Å². The Hall–Kier alpha value is -2.04. The van der Waals surface area contributed by atoms with Gasteiger partial charge < -0.3 is 13.8 Å².